The van der Waals surface area contributed by atoms with Gasteiger partial charge in [-0.1, -0.05) is 6.92 Å². The van der Waals surface area contributed by atoms with Gasteiger partial charge in [0.05, 0.1) is 0 Å². The summed E-state index contributed by atoms with van der Waals surface area (Å²) < 4.78 is 0. The van der Waals surface area contributed by atoms with Crippen molar-refractivity contribution in [2.45, 2.75) is 39.2 Å². The van der Waals surface area contributed by atoms with Gasteiger partial charge in [0.25, 0.3) is 0 Å². The topological polar surface area (TPSA) is 28.2 Å². The molecule has 0 amide bonds. The molecule has 0 spiro atoms. The molecule has 3 nitrogen and oxygen atoms in total. The van der Waals surface area contributed by atoms with E-state index in [9.17, 15) is 0 Å². The third-order valence-corrected chi connectivity index (χ3v) is 3.60. The molecule has 0 saturated carbocycles. The second kappa shape index (κ2) is 5.50. The van der Waals surface area contributed by atoms with Crippen molar-refractivity contribution in [1.82, 2.24) is 9.88 Å². The summed E-state index contributed by atoms with van der Waals surface area (Å²) in [4.78, 5) is 7.09. The number of likely N-dealkylation sites (tertiary alicyclic amines) is 1. The standard InChI is InChI=1S/C14H23N3/c1-4-7-17-8-5-6-13(17)12-9-11(2)14(15-3)16-10-12/h9-10,13H,4-8H2,1-3H3,(H,15,16)/t13-/m0/s1. The summed E-state index contributed by atoms with van der Waals surface area (Å²) in [7, 11) is 1.92. The molecule has 0 aliphatic carbocycles. The first kappa shape index (κ1) is 12.4. The fourth-order valence-corrected chi connectivity index (χ4v) is 2.80. The maximum absolute atomic E-state index is 4.50. The van der Waals surface area contributed by atoms with Crippen molar-refractivity contribution >= 4 is 5.82 Å². The summed E-state index contributed by atoms with van der Waals surface area (Å²) in [5.41, 5.74) is 2.63. The number of hydrogen-bond donors (Lipinski definition) is 1. The lowest BCUT2D eigenvalue weighted by molar-refractivity contribution is 0.257. The highest BCUT2D eigenvalue weighted by Gasteiger charge is 2.25. The quantitative estimate of drug-likeness (QED) is 0.866. The highest BCUT2D eigenvalue weighted by Crippen LogP contribution is 2.32. The zero-order valence-electron chi connectivity index (χ0n) is 11.2. The summed E-state index contributed by atoms with van der Waals surface area (Å²) in [5, 5.41) is 3.12. The number of anilines is 1. The Morgan fingerprint density at radius 3 is 3.00 bits per heavy atom. The molecule has 2 rings (SSSR count). The predicted octanol–water partition coefficient (Wildman–Crippen LogP) is 2.98. The van der Waals surface area contributed by atoms with Crippen molar-refractivity contribution in [3.8, 4) is 0 Å². The molecule has 1 aromatic rings. The van der Waals surface area contributed by atoms with E-state index >= 15 is 0 Å². The van der Waals surface area contributed by atoms with E-state index in [1.54, 1.807) is 0 Å². The maximum atomic E-state index is 4.50. The molecule has 17 heavy (non-hydrogen) atoms. The number of hydrogen-bond acceptors (Lipinski definition) is 3. The predicted molar refractivity (Wildman–Crippen MR) is 72.4 cm³/mol. The van der Waals surface area contributed by atoms with Gasteiger partial charge in [0.1, 0.15) is 5.82 Å². The molecule has 0 unspecified atom stereocenters. The number of pyridine rings is 1. The minimum absolute atomic E-state index is 0.590. The SMILES string of the molecule is CCCN1CCC[C@H]1c1cnc(NC)c(C)c1. The van der Waals surface area contributed by atoms with E-state index in [0.717, 1.165) is 5.82 Å². The minimum Gasteiger partial charge on any atom is -0.373 e. The smallest absolute Gasteiger partial charge is 0.128 e. The molecule has 1 N–H and O–H groups in total. The minimum atomic E-state index is 0.590. The van der Waals surface area contributed by atoms with Crippen LogP contribution in [0.2, 0.25) is 0 Å². The van der Waals surface area contributed by atoms with Gasteiger partial charge >= 0.3 is 0 Å². The van der Waals surface area contributed by atoms with Crippen LogP contribution in [0, 0.1) is 6.92 Å². The molecule has 0 bridgehead atoms. The first-order chi connectivity index (χ1) is 8.26. The molecule has 1 aromatic heterocycles. The van der Waals surface area contributed by atoms with Gasteiger partial charge in [-0.25, -0.2) is 4.98 Å². The molecule has 3 heteroatoms. The fraction of sp³-hybridized carbons (Fsp3) is 0.643. The van der Waals surface area contributed by atoms with Crippen molar-refractivity contribution < 1.29 is 0 Å². The molecule has 1 atom stereocenters. The van der Waals surface area contributed by atoms with Crippen LogP contribution in [0.3, 0.4) is 0 Å². The highest BCUT2D eigenvalue weighted by molar-refractivity contribution is 5.44. The Morgan fingerprint density at radius 1 is 1.53 bits per heavy atom. The second-order valence-electron chi connectivity index (χ2n) is 4.88. The monoisotopic (exact) mass is 233 g/mol. The fourth-order valence-electron chi connectivity index (χ4n) is 2.80. The van der Waals surface area contributed by atoms with E-state index in [4.69, 9.17) is 0 Å². The Balaban J connectivity index is 2.18. The summed E-state index contributed by atoms with van der Waals surface area (Å²) in [6.45, 7) is 6.83. The van der Waals surface area contributed by atoms with Gasteiger partial charge < -0.3 is 5.32 Å². The maximum Gasteiger partial charge on any atom is 0.128 e. The van der Waals surface area contributed by atoms with Crippen molar-refractivity contribution in [1.29, 1.82) is 0 Å². The van der Waals surface area contributed by atoms with E-state index in [1.165, 1.54) is 43.5 Å². The van der Waals surface area contributed by atoms with E-state index in [2.05, 4.69) is 35.1 Å². The Labute approximate surface area is 104 Å². The number of aryl methyl sites for hydroxylation is 1. The Kier molecular flexibility index (Phi) is 4.00. The van der Waals surface area contributed by atoms with Gasteiger partial charge in [0.2, 0.25) is 0 Å². The summed E-state index contributed by atoms with van der Waals surface area (Å²) >= 11 is 0. The molecule has 0 aromatic carbocycles. The molecular weight excluding hydrogens is 210 g/mol. The largest absolute Gasteiger partial charge is 0.373 e. The number of rotatable bonds is 4. The van der Waals surface area contributed by atoms with Crippen molar-refractivity contribution in [3.05, 3.63) is 23.4 Å². The lowest BCUT2D eigenvalue weighted by atomic mass is 10.0. The summed E-state index contributed by atoms with van der Waals surface area (Å²) in [5.74, 6) is 0.994. The van der Waals surface area contributed by atoms with Crippen LogP contribution in [-0.2, 0) is 0 Å². The van der Waals surface area contributed by atoms with Crippen LogP contribution in [0.1, 0.15) is 43.4 Å². The number of nitrogens with one attached hydrogen (secondary N) is 1. The lowest BCUT2D eigenvalue weighted by Crippen LogP contribution is -2.24. The number of aromatic nitrogens is 1. The Morgan fingerprint density at radius 2 is 2.35 bits per heavy atom. The average Bonchev–Trinajstić information content (AvgIpc) is 2.78. The van der Waals surface area contributed by atoms with Gasteiger partial charge in [-0.05, 0) is 56.5 Å². The molecule has 2 heterocycles. The van der Waals surface area contributed by atoms with Crippen molar-refractivity contribution in [2.24, 2.45) is 0 Å². The molecular formula is C14H23N3. The van der Waals surface area contributed by atoms with Crippen LogP contribution in [0.25, 0.3) is 0 Å². The molecule has 1 aliphatic rings. The first-order valence-corrected chi connectivity index (χ1v) is 6.64. The van der Waals surface area contributed by atoms with Gasteiger partial charge in [-0.2, -0.15) is 0 Å². The van der Waals surface area contributed by atoms with E-state index in [1.807, 2.05) is 13.2 Å². The van der Waals surface area contributed by atoms with Gasteiger partial charge in [-0.3, -0.25) is 4.90 Å². The summed E-state index contributed by atoms with van der Waals surface area (Å²) in [6, 6.07) is 2.88. The van der Waals surface area contributed by atoms with Gasteiger partial charge in [0, 0.05) is 19.3 Å². The van der Waals surface area contributed by atoms with E-state index in [0.29, 0.717) is 6.04 Å². The molecule has 1 saturated heterocycles. The molecule has 94 valence electrons. The highest BCUT2D eigenvalue weighted by atomic mass is 15.2. The third kappa shape index (κ3) is 2.60. The van der Waals surface area contributed by atoms with Crippen LogP contribution in [-0.4, -0.2) is 30.0 Å². The van der Waals surface area contributed by atoms with Crippen LogP contribution in [0.15, 0.2) is 12.3 Å². The van der Waals surface area contributed by atoms with Gasteiger partial charge in [-0.15, -0.1) is 0 Å². The zero-order chi connectivity index (χ0) is 12.3. The molecule has 0 radical (unpaired) electrons. The third-order valence-electron chi connectivity index (χ3n) is 3.60. The summed E-state index contributed by atoms with van der Waals surface area (Å²) in [6.07, 6.45) is 5.87. The Bertz CT molecular complexity index is 376. The van der Waals surface area contributed by atoms with E-state index < -0.39 is 0 Å². The van der Waals surface area contributed by atoms with Crippen LogP contribution in [0.4, 0.5) is 5.82 Å². The van der Waals surface area contributed by atoms with Crippen LogP contribution < -0.4 is 5.32 Å². The van der Waals surface area contributed by atoms with Crippen molar-refractivity contribution in [2.75, 3.05) is 25.5 Å². The Hall–Kier alpha value is -1.09. The normalized spacial score (nSPS) is 20.8. The first-order valence-electron chi connectivity index (χ1n) is 6.64. The molecule has 1 fully saturated rings. The van der Waals surface area contributed by atoms with E-state index in [-0.39, 0.29) is 0 Å². The van der Waals surface area contributed by atoms with Crippen LogP contribution >= 0.6 is 0 Å². The average molecular weight is 233 g/mol. The van der Waals surface area contributed by atoms with Crippen LogP contribution in [0.5, 0.6) is 0 Å². The molecule has 1 aliphatic heterocycles. The second-order valence-corrected chi connectivity index (χ2v) is 4.88. The van der Waals surface area contributed by atoms with Crippen molar-refractivity contribution in [3.63, 3.8) is 0 Å². The zero-order valence-corrected chi connectivity index (χ0v) is 11.2. The lowest BCUT2D eigenvalue weighted by Gasteiger charge is -2.24. The van der Waals surface area contributed by atoms with Gasteiger partial charge in [0.15, 0.2) is 0 Å². The number of nitrogens with zero attached hydrogens (tertiary/aromatic N) is 2.